The van der Waals surface area contributed by atoms with Gasteiger partial charge in [0.05, 0.1) is 13.2 Å². The highest BCUT2D eigenvalue weighted by Crippen LogP contribution is 2.39. The van der Waals surface area contributed by atoms with Gasteiger partial charge in [-0.2, -0.15) is 0 Å². The molecule has 0 saturated heterocycles. The molecule has 3 rings (SSSR count). The first-order chi connectivity index (χ1) is 12.7. The number of thioether (sulfide) groups is 1. The van der Waals surface area contributed by atoms with Gasteiger partial charge >= 0.3 is 0 Å². The first kappa shape index (κ1) is 20.9. The molecule has 0 aromatic heterocycles. The summed E-state index contributed by atoms with van der Waals surface area (Å²) in [5.74, 6) is 2.10. The molecule has 2 nitrogen and oxygen atoms in total. The largest absolute Gasteiger partial charge is 0.496 e. The Bertz CT molecular complexity index is 671. The summed E-state index contributed by atoms with van der Waals surface area (Å²) in [6, 6.07) is 16.1. The van der Waals surface area contributed by atoms with Crippen molar-refractivity contribution in [3.05, 3.63) is 59.2 Å². The molecule has 2 unspecified atom stereocenters. The molecule has 1 N–H and O–H groups in total. The molecule has 0 bridgehead atoms. The van der Waals surface area contributed by atoms with E-state index in [1.54, 1.807) is 7.11 Å². The highest BCUT2D eigenvalue weighted by Gasteiger charge is 2.26. The van der Waals surface area contributed by atoms with Crippen LogP contribution in [0.3, 0.4) is 0 Å². The van der Waals surface area contributed by atoms with E-state index in [1.165, 1.54) is 40.8 Å². The van der Waals surface area contributed by atoms with Crippen LogP contribution in [0.2, 0.25) is 0 Å². The summed E-state index contributed by atoms with van der Waals surface area (Å²) in [5, 5.41) is 3.92. The van der Waals surface area contributed by atoms with Gasteiger partial charge in [0.1, 0.15) is 5.75 Å². The zero-order valence-electron chi connectivity index (χ0n) is 16.8. The zero-order chi connectivity index (χ0) is 18.9. The van der Waals surface area contributed by atoms with Crippen LogP contribution in [0, 0.1) is 6.92 Å². The van der Waals surface area contributed by atoms with Gasteiger partial charge in [0.15, 0.2) is 0 Å². The minimum Gasteiger partial charge on any atom is -0.496 e. The van der Waals surface area contributed by atoms with E-state index in [9.17, 15) is 0 Å². The monoisotopic (exact) mass is 371 g/mol. The Balaban J connectivity index is 0.00000117. The van der Waals surface area contributed by atoms with Crippen LogP contribution in [0.4, 0.5) is 0 Å². The second-order valence-corrected chi connectivity index (χ2v) is 7.58. The predicted molar refractivity (Wildman–Crippen MR) is 115 cm³/mol. The lowest BCUT2D eigenvalue weighted by Gasteiger charge is -2.24. The molecule has 0 aliphatic carbocycles. The minimum absolute atomic E-state index is 0.229. The lowest BCUT2D eigenvalue weighted by atomic mass is 9.96. The molecule has 1 heterocycles. The van der Waals surface area contributed by atoms with Crippen LogP contribution in [0.15, 0.2) is 47.4 Å². The van der Waals surface area contributed by atoms with Crippen molar-refractivity contribution in [2.75, 3.05) is 12.9 Å². The number of ether oxygens (including phenoxy) is 1. The second kappa shape index (κ2) is 10.6. The first-order valence-electron chi connectivity index (χ1n) is 9.85. The zero-order valence-corrected chi connectivity index (χ0v) is 17.7. The maximum atomic E-state index is 5.59. The van der Waals surface area contributed by atoms with Gasteiger partial charge < -0.3 is 10.1 Å². The van der Waals surface area contributed by atoms with Crippen LogP contribution in [0.25, 0.3) is 0 Å². The molecular weight excluding hydrogens is 338 g/mol. The van der Waals surface area contributed by atoms with Gasteiger partial charge in [0.2, 0.25) is 0 Å². The summed E-state index contributed by atoms with van der Waals surface area (Å²) in [4.78, 5) is 1.38. The first-order valence-corrected chi connectivity index (χ1v) is 10.8. The normalized spacial score (nSPS) is 19.0. The van der Waals surface area contributed by atoms with Crippen molar-refractivity contribution in [3.63, 3.8) is 0 Å². The molecule has 0 amide bonds. The second-order valence-electron chi connectivity index (χ2n) is 6.52. The number of fused-ring (bicyclic) bond motifs is 1. The van der Waals surface area contributed by atoms with E-state index in [4.69, 9.17) is 4.74 Å². The van der Waals surface area contributed by atoms with E-state index in [1.807, 2.05) is 25.6 Å². The lowest BCUT2D eigenvalue weighted by molar-refractivity contribution is 0.408. The Hall–Kier alpha value is -1.45. The number of aryl methyl sites for hydroxylation is 1. The fraction of sp³-hybridized carbons (Fsp3) is 0.478. The quantitative estimate of drug-likeness (QED) is 0.659. The van der Waals surface area contributed by atoms with Crippen molar-refractivity contribution in [1.82, 2.24) is 5.32 Å². The van der Waals surface area contributed by atoms with Crippen molar-refractivity contribution in [1.29, 1.82) is 0 Å². The standard InChI is InChI=1S/C21H27NOS.C2H6/c1-4-5-11-17-14-24-20-12-15(2)19(23-3)13-18(20)21(22-17)16-9-7-6-8-10-16;1-2/h6-10,12-13,17,21-22H,4-5,11,14H2,1-3H3;1-2H3. The van der Waals surface area contributed by atoms with Gasteiger partial charge in [-0.25, -0.2) is 0 Å². The fourth-order valence-corrected chi connectivity index (χ4v) is 4.60. The lowest BCUT2D eigenvalue weighted by Crippen LogP contribution is -2.34. The summed E-state index contributed by atoms with van der Waals surface area (Å²) < 4.78 is 5.59. The summed E-state index contributed by atoms with van der Waals surface area (Å²) in [6.07, 6.45) is 3.76. The van der Waals surface area contributed by atoms with E-state index < -0.39 is 0 Å². The summed E-state index contributed by atoms with van der Waals surface area (Å²) in [5.41, 5.74) is 3.88. The molecule has 2 aromatic carbocycles. The number of methoxy groups -OCH3 is 1. The van der Waals surface area contributed by atoms with E-state index >= 15 is 0 Å². The van der Waals surface area contributed by atoms with Crippen molar-refractivity contribution < 1.29 is 4.74 Å². The Kier molecular flexibility index (Phi) is 8.53. The number of benzene rings is 2. The molecule has 0 fully saturated rings. The molecule has 2 aromatic rings. The van der Waals surface area contributed by atoms with Crippen LogP contribution in [-0.2, 0) is 0 Å². The topological polar surface area (TPSA) is 21.3 Å². The van der Waals surface area contributed by atoms with E-state index in [0.29, 0.717) is 6.04 Å². The Labute approximate surface area is 163 Å². The van der Waals surface area contributed by atoms with E-state index in [2.05, 4.69) is 61.6 Å². The van der Waals surface area contributed by atoms with Gasteiger partial charge in [0, 0.05) is 16.7 Å². The van der Waals surface area contributed by atoms with Crippen molar-refractivity contribution in [2.24, 2.45) is 0 Å². The third-order valence-electron chi connectivity index (χ3n) is 4.72. The van der Waals surface area contributed by atoms with Crippen molar-refractivity contribution in [2.45, 2.75) is 63.9 Å². The van der Waals surface area contributed by atoms with Crippen LogP contribution in [-0.4, -0.2) is 18.9 Å². The molecule has 2 atom stereocenters. The van der Waals surface area contributed by atoms with Gasteiger partial charge in [-0.3, -0.25) is 0 Å². The van der Waals surface area contributed by atoms with Gasteiger partial charge in [0.25, 0.3) is 0 Å². The molecule has 1 aliphatic rings. The minimum atomic E-state index is 0.229. The highest BCUT2D eigenvalue weighted by atomic mass is 32.2. The fourth-order valence-electron chi connectivity index (χ4n) is 3.35. The average molecular weight is 372 g/mol. The molecule has 3 heteroatoms. The Morgan fingerprint density at radius 1 is 1.15 bits per heavy atom. The predicted octanol–water partition coefficient (Wildman–Crippen LogP) is 6.37. The SMILES string of the molecule is CC.CCCCC1CSc2cc(C)c(OC)cc2C(c2ccccc2)N1. The molecule has 0 radical (unpaired) electrons. The van der Waals surface area contributed by atoms with Gasteiger partial charge in [-0.15, -0.1) is 11.8 Å². The number of rotatable bonds is 5. The number of unbranched alkanes of at least 4 members (excludes halogenated alkanes) is 1. The Morgan fingerprint density at radius 3 is 2.54 bits per heavy atom. The Morgan fingerprint density at radius 2 is 1.88 bits per heavy atom. The molecule has 26 heavy (non-hydrogen) atoms. The van der Waals surface area contributed by atoms with E-state index in [0.717, 1.165) is 11.5 Å². The summed E-state index contributed by atoms with van der Waals surface area (Å²) in [7, 11) is 1.76. The molecule has 0 saturated carbocycles. The maximum Gasteiger partial charge on any atom is 0.122 e. The summed E-state index contributed by atoms with van der Waals surface area (Å²) >= 11 is 1.98. The van der Waals surface area contributed by atoms with Crippen LogP contribution in [0.1, 0.15) is 62.8 Å². The van der Waals surface area contributed by atoms with E-state index in [-0.39, 0.29) is 6.04 Å². The number of hydrogen-bond acceptors (Lipinski definition) is 3. The molecule has 1 aliphatic heterocycles. The highest BCUT2D eigenvalue weighted by molar-refractivity contribution is 7.99. The van der Waals surface area contributed by atoms with Crippen LogP contribution >= 0.6 is 11.8 Å². The van der Waals surface area contributed by atoms with Crippen molar-refractivity contribution >= 4 is 11.8 Å². The molecule has 0 spiro atoms. The number of nitrogens with one attached hydrogen (secondary N) is 1. The van der Waals surface area contributed by atoms with Gasteiger partial charge in [-0.1, -0.05) is 63.9 Å². The van der Waals surface area contributed by atoms with Crippen LogP contribution < -0.4 is 10.1 Å². The van der Waals surface area contributed by atoms with Gasteiger partial charge in [-0.05, 0) is 42.2 Å². The maximum absolute atomic E-state index is 5.59. The average Bonchev–Trinajstić information content (AvgIpc) is 2.87. The van der Waals surface area contributed by atoms with Crippen molar-refractivity contribution in [3.8, 4) is 5.75 Å². The van der Waals surface area contributed by atoms with Crippen LogP contribution in [0.5, 0.6) is 5.75 Å². The third kappa shape index (κ3) is 5.05. The summed E-state index contributed by atoms with van der Waals surface area (Å²) in [6.45, 7) is 8.39. The molecule has 142 valence electrons. The number of hydrogen-bond donors (Lipinski definition) is 1. The molecular formula is C23H33NOS. The smallest absolute Gasteiger partial charge is 0.122 e. The third-order valence-corrected chi connectivity index (χ3v) is 5.95.